The summed E-state index contributed by atoms with van der Waals surface area (Å²) in [5.74, 6) is -1.11. The van der Waals surface area contributed by atoms with Gasteiger partial charge in [0.1, 0.15) is 11.4 Å². The summed E-state index contributed by atoms with van der Waals surface area (Å²) in [6, 6.07) is 4.18. The number of nitrogens with two attached hydrogens (primary N) is 1. The Morgan fingerprint density at radius 2 is 2.09 bits per heavy atom. The first-order chi connectivity index (χ1) is 14.9. The molecule has 32 heavy (non-hydrogen) atoms. The molecule has 0 saturated heterocycles. The SMILES string of the molecule is CCOC(=O)[C@H]1[C@@H]2C[C@@H](O)C(Nc3ccc(F)c(C4(C)N=C(N)N(C)C(=O)C4(C)C)c3)[C@@H]21. The summed E-state index contributed by atoms with van der Waals surface area (Å²) in [5.41, 5.74) is 4.51. The van der Waals surface area contributed by atoms with E-state index in [2.05, 4.69) is 10.3 Å². The monoisotopic (exact) mass is 446 g/mol. The molecule has 4 rings (SSSR count). The highest BCUT2D eigenvalue weighted by molar-refractivity contribution is 6.01. The molecular formula is C23H31FN4O4. The Balaban J connectivity index is 1.64. The first kappa shape index (κ1) is 22.5. The van der Waals surface area contributed by atoms with Crippen LogP contribution in [0.25, 0.3) is 0 Å². The van der Waals surface area contributed by atoms with Gasteiger partial charge in [0.2, 0.25) is 5.91 Å². The molecule has 1 amide bonds. The molecule has 2 aliphatic carbocycles. The fourth-order valence-electron chi connectivity index (χ4n) is 5.39. The summed E-state index contributed by atoms with van der Waals surface area (Å²) in [7, 11) is 1.55. The van der Waals surface area contributed by atoms with Gasteiger partial charge in [0.05, 0.1) is 30.1 Å². The van der Waals surface area contributed by atoms with Gasteiger partial charge in [-0.25, -0.2) is 9.38 Å². The standard InChI is InChI=1S/C23H31FN4O4/c1-6-32-19(30)17-12-10-15(29)18(16(12)17)26-11-7-8-14(24)13(9-11)23(4)22(2,3)20(31)28(5)21(25)27-23/h7-9,12,15-18,26,29H,6,10H2,1-5H3,(H2,25,27)/t12-,15-,16+,17+,18?,23?/m1/s1. The lowest BCUT2D eigenvalue weighted by atomic mass is 9.67. The molecular weight excluding hydrogens is 415 g/mol. The zero-order chi connectivity index (χ0) is 23.6. The van der Waals surface area contributed by atoms with E-state index < -0.39 is 22.9 Å². The number of amides is 1. The van der Waals surface area contributed by atoms with Crippen molar-refractivity contribution in [3.8, 4) is 0 Å². The largest absolute Gasteiger partial charge is 0.466 e. The third-order valence-corrected chi connectivity index (χ3v) is 7.69. The van der Waals surface area contributed by atoms with Crippen LogP contribution in [0.2, 0.25) is 0 Å². The van der Waals surface area contributed by atoms with Crippen molar-refractivity contribution < 1.29 is 23.8 Å². The van der Waals surface area contributed by atoms with E-state index in [9.17, 15) is 14.7 Å². The minimum atomic E-state index is -1.23. The van der Waals surface area contributed by atoms with Crippen molar-refractivity contribution in [2.45, 2.75) is 51.8 Å². The highest BCUT2D eigenvalue weighted by Gasteiger charge is 2.65. The first-order valence-corrected chi connectivity index (χ1v) is 11.0. The van der Waals surface area contributed by atoms with E-state index in [-0.39, 0.29) is 47.2 Å². The fourth-order valence-corrected chi connectivity index (χ4v) is 5.39. The Morgan fingerprint density at radius 3 is 2.75 bits per heavy atom. The molecule has 2 saturated carbocycles. The van der Waals surface area contributed by atoms with Crippen LogP contribution in [0.4, 0.5) is 10.1 Å². The van der Waals surface area contributed by atoms with Gasteiger partial charge in [-0.15, -0.1) is 0 Å². The summed E-state index contributed by atoms with van der Waals surface area (Å²) >= 11 is 0. The van der Waals surface area contributed by atoms with E-state index in [1.807, 2.05) is 0 Å². The molecule has 1 heterocycles. The number of carbonyl (C=O) groups is 2. The Bertz CT molecular complexity index is 996. The summed E-state index contributed by atoms with van der Waals surface area (Å²) in [6.45, 7) is 7.24. The molecule has 3 aliphatic rings. The van der Waals surface area contributed by atoms with Gasteiger partial charge < -0.3 is 20.9 Å². The predicted octanol–water partition coefficient (Wildman–Crippen LogP) is 1.82. The normalized spacial score (nSPS) is 35.2. The number of hydrogen-bond donors (Lipinski definition) is 3. The van der Waals surface area contributed by atoms with Crippen molar-refractivity contribution in [3.05, 3.63) is 29.6 Å². The number of guanidine groups is 1. The Hall–Kier alpha value is -2.68. The van der Waals surface area contributed by atoms with Crippen molar-refractivity contribution in [2.24, 2.45) is 33.9 Å². The van der Waals surface area contributed by atoms with Gasteiger partial charge in [0.15, 0.2) is 5.96 Å². The molecule has 1 aromatic rings. The molecule has 2 unspecified atom stereocenters. The van der Waals surface area contributed by atoms with Gasteiger partial charge >= 0.3 is 5.97 Å². The molecule has 0 aromatic heterocycles. The van der Waals surface area contributed by atoms with Gasteiger partial charge in [0.25, 0.3) is 0 Å². The molecule has 8 nitrogen and oxygen atoms in total. The van der Waals surface area contributed by atoms with Crippen LogP contribution < -0.4 is 11.1 Å². The van der Waals surface area contributed by atoms with Gasteiger partial charge in [-0.3, -0.25) is 14.5 Å². The molecule has 9 heteroatoms. The second-order valence-electron chi connectivity index (χ2n) is 9.72. The summed E-state index contributed by atoms with van der Waals surface area (Å²) < 4.78 is 20.2. The number of carbonyl (C=O) groups excluding carboxylic acids is 2. The number of anilines is 1. The van der Waals surface area contributed by atoms with E-state index in [0.29, 0.717) is 18.7 Å². The first-order valence-electron chi connectivity index (χ1n) is 11.0. The Labute approximate surface area is 187 Å². The second kappa shape index (κ2) is 7.43. The fraction of sp³-hybridized carbons (Fsp3) is 0.609. The molecule has 174 valence electrons. The van der Waals surface area contributed by atoms with E-state index in [0.717, 1.165) is 0 Å². The van der Waals surface area contributed by atoms with Gasteiger partial charge in [-0.2, -0.15) is 0 Å². The van der Waals surface area contributed by atoms with Crippen molar-refractivity contribution in [2.75, 3.05) is 19.0 Å². The third-order valence-electron chi connectivity index (χ3n) is 7.69. The maximum Gasteiger partial charge on any atom is 0.309 e. The van der Waals surface area contributed by atoms with Gasteiger partial charge in [-0.1, -0.05) is 0 Å². The molecule has 1 aromatic carbocycles. The highest BCUT2D eigenvalue weighted by Crippen LogP contribution is 2.58. The maximum absolute atomic E-state index is 15.0. The number of rotatable bonds is 5. The zero-order valence-electron chi connectivity index (χ0n) is 19.1. The lowest BCUT2D eigenvalue weighted by molar-refractivity contribution is -0.146. The molecule has 2 fully saturated rings. The van der Waals surface area contributed by atoms with Crippen molar-refractivity contribution in [1.82, 2.24) is 4.90 Å². The number of benzene rings is 1. The van der Waals surface area contributed by atoms with Gasteiger partial charge in [0, 0.05) is 18.3 Å². The van der Waals surface area contributed by atoms with Crippen LogP contribution in [-0.2, 0) is 19.9 Å². The summed E-state index contributed by atoms with van der Waals surface area (Å²) in [6.07, 6.45) is -0.0958. The smallest absolute Gasteiger partial charge is 0.309 e. The van der Waals surface area contributed by atoms with Crippen LogP contribution >= 0.6 is 0 Å². The topological polar surface area (TPSA) is 117 Å². The van der Waals surface area contributed by atoms with Crippen LogP contribution in [0.3, 0.4) is 0 Å². The lowest BCUT2D eigenvalue weighted by Crippen LogP contribution is -2.58. The average molecular weight is 447 g/mol. The average Bonchev–Trinajstić information content (AvgIpc) is 3.34. The molecule has 6 atom stereocenters. The number of aliphatic hydroxyl groups is 1. The molecule has 4 N–H and O–H groups in total. The molecule has 0 spiro atoms. The number of nitrogens with zero attached hydrogens (tertiary/aromatic N) is 2. The highest BCUT2D eigenvalue weighted by atomic mass is 19.1. The van der Waals surface area contributed by atoms with E-state index in [1.165, 1.54) is 11.0 Å². The number of ether oxygens (including phenoxy) is 1. The Morgan fingerprint density at radius 1 is 1.41 bits per heavy atom. The van der Waals surface area contributed by atoms with Gasteiger partial charge in [-0.05, 0) is 64.2 Å². The number of nitrogens with one attached hydrogen (secondary N) is 1. The quantitative estimate of drug-likeness (QED) is 0.594. The third kappa shape index (κ3) is 3.17. The Kier molecular flexibility index (Phi) is 5.23. The molecule has 1 aliphatic heterocycles. The maximum atomic E-state index is 15.0. The van der Waals surface area contributed by atoms with E-state index >= 15 is 4.39 Å². The number of hydrogen-bond acceptors (Lipinski definition) is 7. The summed E-state index contributed by atoms with van der Waals surface area (Å²) in [5, 5.41) is 13.8. The zero-order valence-corrected chi connectivity index (χ0v) is 19.1. The number of aliphatic hydroxyl groups excluding tert-OH is 1. The second-order valence-corrected chi connectivity index (χ2v) is 9.72. The number of fused-ring (bicyclic) bond motifs is 1. The van der Waals surface area contributed by atoms with Crippen molar-refractivity contribution in [3.63, 3.8) is 0 Å². The van der Waals surface area contributed by atoms with Crippen LogP contribution in [0.5, 0.6) is 0 Å². The number of halogens is 1. The van der Waals surface area contributed by atoms with Crippen molar-refractivity contribution in [1.29, 1.82) is 0 Å². The van der Waals surface area contributed by atoms with Crippen molar-refractivity contribution >= 4 is 23.5 Å². The molecule has 0 radical (unpaired) electrons. The van der Waals surface area contributed by atoms with E-state index in [4.69, 9.17) is 10.5 Å². The lowest BCUT2D eigenvalue weighted by Gasteiger charge is -2.46. The number of aliphatic imine (C=N–C) groups is 1. The number of esters is 1. The van der Waals surface area contributed by atoms with E-state index in [1.54, 1.807) is 46.9 Å². The van der Waals surface area contributed by atoms with Crippen LogP contribution in [0.15, 0.2) is 23.2 Å². The predicted molar refractivity (Wildman–Crippen MR) is 117 cm³/mol. The van der Waals surface area contributed by atoms with Crippen LogP contribution in [-0.4, -0.2) is 53.6 Å². The molecule has 0 bridgehead atoms. The summed E-state index contributed by atoms with van der Waals surface area (Å²) in [4.78, 5) is 30.9. The minimum Gasteiger partial charge on any atom is -0.466 e. The minimum absolute atomic E-state index is 0.0249. The van der Waals surface area contributed by atoms with Crippen LogP contribution in [0, 0.1) is 29.0 Å². The van der Waals surface area contributed by atoms with Crippen LogP contribution in [0.1, 0.15) is 39.7 Å².